The Balaban J connectivity index is 2.37. The van der Waals surface area contributed by atoms with E-state index in [1.807, 2.05) is 0 Å². The summed E-state index contributed by atoms with van der Waals surface area (Å²) in [7, 11) is -0.720. The van der Waals surface area contributed by atoms with Crippen molar-refractivity contribution in [3.63, 3.8) is 0 Å². The molecule has 0 aliphatic carbocycles. The number of sulfonamides is 1. The van der Waals surface area contributed by atoms with Gasteiger partial charge in [-0.1, -0.05) is 42.5 Å². The molecule has 5 nitrogen and oxygen atoms in total. The number of alkyl halides is 3. The highest BCUT2D eigenvalue weighted by atomic mass is 32.2. The number of benzene rings is 2. The summed E-state index contributed by atoms with van der Waals surface area (Å²) in [5, 5.41) is 0. The largest absolute Gasteiger partial charge is 0.573 e. The van der Waals surface area contributed by atoms with Crippen LogP contribution in [0.3, 0.4) is 0 Å². The molecule has 142 valence electrons. The Morgan fingerprint density at radius 2 is 1.62 bits per heavy atom. The molecule has 1 N–H and O–H groups in total. The fraction of sp³-hybridized carbons (Fsp3) is 0.294. The highest BCUT2D eigenvalue weighted by Gasteiger charge is 2.34. The zero-order chi connectivity index (χ0) is 19.4. The third-order valence-electron chi connectivity index (χ3n) is 3.41. The predicted octanol–water partition coefficient (Wildman–Crippen LogP) is 3.17. The second kappa shape index (κ2) is 8.07. The van der Waals surface area contributed by atoms with Crippen LogP contribution in [-0.4, -0.2) is 40.3 Å². The van der Waals surface area contributed by atoms with Crippen molar-refractivity contribution in [2.75, 3.05) is 20.6 Å². The van der Waals surface area contributed by atoms with Gasteiger partial charge in [-0.3, -0.25) is 0 Å². The summed E-state index contributed by atoms with van der Waals surface area (Å²) in [6.07, 6.45) is -4.99. The summed E-state index contributed by atoms with van der Waals surface area (Å²) < 4.78 is 69.5. The number of hydrogen-bond donors (Lipinski definition) is 1. The Hall–Kier alpha value is -2.10. The average Bonchev–Trinajstić information content (AvgIpc) is 2.53. The lowest BCUT2D eigenvalue weighted by Crippen LogP contribution is -2.35. The van der Waals surface area contributed by atoms with Gasteiger partial charge in [-0.2, -0.15) is 0 Å². The van der Waals surface area contributed by atoms with Crippen molar-refractivity contribution in [1.82, 2.24) is 9.62 Å². The molecule has 0 spiro atoms. The number of hydrogen-bond acceptors (Lipinski definition) is 4. The van der Waals surface area contributed by atoms with E-state index >= 15 is 0 Å². The average molecular weight is 388 g/mol. The minimum absolute atomic E-state index is 0.325. The van der Waals surface area contributed by atoms with E-state index in [-0.39, 0.29) is 0 Å². The Morgan fingerprint density at radius 1 is 1.04 bits per heavy atom. The van der Waals surface area contributed by atoms with Gasteiger partial charge in [0.05, 0.1) is 6.04 Å². The first-order valence-electron chi connectivity index (χ1n) is 7.65. The van der Waals surface area contributed by atoms with E-state index in [1.54, 1.807) is 49.3 Å². The zero-order valence-electron chi connectivity index (χ0n) is 14.2. The highest BCUT2D eigenvalue weighted by molar-refractivity contribution is 7.89. The maximum absolute atomic E-state index is 12.7. The number of nitrogens with zero attached hydrogens (tertiary/aromatic N) is 1. The zero-order valence-corrected chi connectivity index (χ0v) is 15.0. The SMILES string of the molecule is CN(C)C[C@@H](NS(=O)(=O)c1ccccc1OC(F)(F)F)c1ccccc1. The van der Waals surface area contributed by atoms with Crippen LogP contribution in [0.2, 0.25) is 0 Å². The molecule has 0 saturated heterocycles. The van der Waals surface area contributed by atoms with Crippen LogP contribution in [0.4, 0.5) is 13.2 Å². The number of likely N-dealkylation sites (N-methyl/N-ethyl adjacent to an activating group) is 1. The van der Waals surface area contributed by atoms with E-state index in [0.717, 1.165) is 12.1 Å². The second-order valence-electron chi connectivity index (χ2n) is 5.84. The molecule has 26 heavy (non-hydrogen) atoms. The van der Waals surface area contributed by atoms with Crippen LogP contribution in [0, 0.1) is 0 Å². The summed E-state index contributed by atoms with van der Waals surface area (Å²) >= 11 is 0. The van der Waals surface area contributed by atoms with Crippen molar-refractivity contribution >= 4 is 10.0 Å². The Bertz CT molecular complexity index is 825. The van der Waals surface area contributed by atoms with Gasteiger partial charge in [0.2, 0.25) is 10.0 Å². The molecular formula is C17H19F3N2O3S. The molecular weight excluding hydrogens is 369 g/mol. The van der Waals surface area contributed by atoms with Crippen molar-refractivity contribution in [3.8, 4) is 5.75 Å². The van der Waals surface area contributed by atoms with Crippen molar-refractivity contribution in [1.29, 1.82) is 0 Å². The topological polar surface area (TPSA) is 58.6 Å². The molecule has 0 aliphatic rings. The van der Waals surface area contributed by atoms with E-state index < -0.39 is 33.1 Å². The van der Waals surface area contributed by atoms with Crippen LogP contribution >= 0.6 is 0 Å². The standard InChI is InChI=1S/C17H19F3N2O3S/c1-22(2)12-14(13-8-4-3-5-9-13)21-26(23,24)16-11-7-6-10-15(16)25-17(18,19)20/h3-11,14,21H,12H2,1-2H3/t14-/m1/s1. The van der Waals surface area contributed by atoms with Crippen LogP contribution in [0.25, 0.3) is 0 Å². The van der Waals surface area contributed by atoms with Gasteiger partial charge in [-0.05, 0) is 31.8 Å². The molecule has 0 aliphatic heterocycles. The molecule has 0 aromatic heterocycles. The van der Waals surface area contributed by atoms with Crippen molar-refractivity contribution in [3.05, 3.63) is 60.2 Å². The Labute approximate surface area is 150 Å². The summed E-state index contributed by atoms with van der Waals surface area (Å²) in [5.41, 5.74) is 0.694. The molecule has 9 heteroatoms. The molecule has 2 aromatic rings. The van der Waals surface area contributed by atoms with Crippen LogP contribution in [-0.2, 0) is 10.0 Å². The fourth-order valence-electron chi connectivity index (χ4n) is 2.39. The normalized spacial score (nSPS) is 13.6. The molecule has 2 aromatic carbocycles. The van der Waals surface area contributed by atoms with Gasteiger partial charge in [-0.25, -0.2) is 13.1 Å². The van der Waals surface area contributed by atoms with Gasteiger partial charge in [0.25, 0.3) is 0 Å². The monoisotopic (exact) mass is 388 g/mol. The smallest absolute Gasteiger partial charge is 0.404 e. The van der Waals surface area contributed by atoms with Gasteiger partial charge in [-0.15, -0.1) is 13.2 Å². The number of halogens is 3. The van der Waals surface area contributed by atoms with Gasteiger partial charge in [0, 0.05) is 6.54 Å². The van der Waals surface area contributed by atoms with Crippen molar-refractivity contribution < 1.29 is 26.3 Å². The summed E-state index contributed by atoms with van der Waals surface area (Å²) in [5.74, 6) is -0.774. The maximum Gasteiger partial charge on any atom is 0.573 e. The van der Waals surface area contributed by atoms with E-state index in [4.69, 9.17) is 0 Å². The number of ether oxygens (including phenoxy) is 1. The molecule has 0 saturated carbocycles. The highest BCUT2D eigenvalue weighted by Crippen LogP contribution is 2.30. The van der Waals surface area contributed by atoms with Gasteiger partial charge in [0.15, 0.2) is 0 Å². The summed E-state index contributed by atoms with van der Waals surface area (Å²) in [6, 6.07) is 12.8. The molecule has 0 fully saturated rings. The summed E-state index contributed by atoms with van der Waals surface area (Å²) in [4.78, 5) is 1.20. The lowest BCUT2D eigenvalue weighted by molar-refractivity contribution is -0.275. The number of para-hydroxylation sites is 1. The summed E-state index contributed by atoms with van der Waals surface area (Å²) in [6.45, 7) is 0.325. The van der Waals surface area contributed by atoms with Crippen LogP contribution in [0.5, 0.6) is 5.75 Å². The maximum atomic E-state index is 12.7. The first-order valence-corrected chi connectivity index (χ1v) is 9.13. The predicted molar refractivity (Wildman–Crippen MR) is 91.2 cm³/mol. The van der Waals surface area contributed by atoms with Crippen LogP contribution < -0.4 is 9.46 Å². The molecule has 0 bridgehead atoms. The van der Waals surface area contributed by atoms with E-state index in [1.165, 1.54) is 12.1 Å². The van der Waals surface area contributed by atoms with Crippen molar-refractivity contribution in [2.45, 2.75) is 17.3 Å². The first-order chi connectivity index (χ1) is 12.1. The van der Waals surface area contributed by atoms with Gasteiger partial charge in [0.1, 0.15) is 10.6 Å². The molecule has 0 unspecified atom stereocenters. The minimum Gasteiger partial charge on any atom is -0.404 e. The third kappa shape index (κ3) is 5.72. The van der Waals surface area contributed by atoms with Crippen LogP contribution in [0.15, 0.2) is 59.5 Å². The van der Waals surface area contributed by atoms with Gasteiger partial charge < -0.3 is 9.64 Å². The van der Waals surface area contributed by atoms with E-state index in [0.29, 0.717) is 12.1 Å². The lowest BCUT2D eigenvalue weighted by Gasteiger charge is -2.23. The minimum atomic E-state index is -4.99. The molecule has 0 radical (unpaired) electrons. The first kappa shape index (κ1) is 20.2. The van der Waals surface area contributed by atoms with Crippen LogP contribution in [0.1, 0.15) is 11.6 Å². The third-order valence-corrected chi connectivity index (χ3v) is 4.92. The van der Waals surface area contributed by atoms with E-state index in [2.05, 4.69) is 9.46 Å². The van der Waals surface area contributed by atoms with Gasteiger partial charge >= 0.3 is 6.36 Å². The molecule has 0 amide bonds. The Morgan fingerprint density at radius 3 is 2.19 bits per heavy atom. The quantitative estimate of drug-likeness (QED) is 0.792. The Kier molecular flexibility index (Phi) is 6.27. The fourth-order valence-corrected chi connectivity index (χ4v) is 3.74. The van der Waals surface area contributed by atoms with E-state index in [9.17, 15) is 21.6 Å². The molecule has 0 heterocycles. The number of rotatable bonds is 7. The number of nitrogens with one attached hydrogen (secondary N) is 1. The second-order valence-corrected chi connectivity index (χ2v) is 7.52. The lowest BCUT2D eigenvalue weighted by atomic mass is 10.1. The van der Waals surface area contributed by atoms with Crippen molar-refractivity contribution in [2.24, 2.45) is 0 Å². The molecule has 1 atom stereocenters. The molecule has 2 rings (SSSR count).